The molecular weight excluding hydrogens is 831 g/mol. The van der Waals surface area contributed by atoms with Crippen molar-refractivity contribution in [3.8, 4) is 78.7 Å². The molecule has 0 saturated carbocycles. The van der Waals surface area contributed by atoms with Gasteiger partial charge in [0.15, 0.2) is 17.5 Å². The second kappa shape index (κ2) is 16.1. The van der Waals surface area contributed by atoms with Crippen LogP contribution in [0.4, 0.5) is 0 Å². The summed E-state index contributed by atoms with van der Waals surface area (Å²) >= 11 is 1.79. The summed E-state index contributed by atoms with van der Waals surface area (Å²) in [6.07, 6.45) is 0. The van der Waals surface area contributed by atoms with Gasteiger partial charge in [-0.05, 0) is 95.0 Å². The van der Waals surface area contributed by atoms with Gasteiger partial charge in [-0.2, -0.15) is 0 Å². The Balaban J connectivity index is 1.06. The van der Waals surface area contributed by atoms with Crippen molar-refractivity contribution in [1.82, 2.24) is 15.0 Å². The Labute approximate surface area is 392 Å². The van der Waals surface area contributed by atoms with E-state index in [4.69, 9.17) is 15.0 Å². The quantitative estimate of drug-likeness (QED) is 0.150. The Morgan fingerprint density at radius 3 is 1.19 bits per heavy atom. The van der Waals surface area contributed by atoms with Gasteiger partial charge in [0.1, 0.15) is 0 Å². The average molecular weight is 870 g/mol. The van der Waals surface area contributed by atoms with E-state index in [0.717, 1.165) is 48.9 Å². The Kier molecular flexibility index (Phi) is 9.36. The number of aromatic nitrogens is 3. The zero-order valence-electron chi connectivity index (χ0n) is 36.3. The molecule has 0 fully saturated rings. The van der Waals surface area contributed by atoms with Crippen LogP contribution in [0.3, 0.4) is 0 Å². The summed E-state index contributed by atoms with van der Waals surface area (Å²) in [7, 11) is 0. The molecule has 0 saturated heterocycles. The summed E-state index contributed by atoms with van der Waals surface area (Å²) < 4.78 is 2.40. The van der Waals surface area contributed by atoms with Gasteiger partial charge in [-0.3, -0.25) is 0 Å². The fraction of sp³-hybridized carbons (Fsp3) is 0. The molecule has 312 valence electrons. The standard InChI is InChI=1S/C63H39N3S/c1-3-20-40(21-4-1)42-24-7-11-29-47(42)58-48-30-12-14-32-50(48)59(51-33-15-13-31-49(51)58)52-38-39-55(45-27-10-9-26-44(45)52)62-64-61(54-34-16-8-25-43(54)41-22-5-2-6-23-41)65-63(66-62)56-36-19-35-53-46-28-17-18-37-57(46)67-60(53)56/h1-39H. The van der Waals surface area contributed by atoms with Crippen LogP contribution in [-0.2, 0) is 0 Å². The van der Waals surface area contributed by atoms with E-state index in [0.29, 0.717) is 17.5 Å². The smallest absolute Gasteiger partial charge is 0.165 e. The Morgan fingerprint density at radius 2 is 0.597 bits per heavy atom. The van der Waals surface area contributed by atoms with E-state index in [-0.39, 0.29) is 0 Å². The van der Waals surface area contributed by atoms with Crippen molar-refractivity contribution in [3.05, 3.63) is 237 Å². The maximum atomic E-state index is 5.44. The summed E-state index contributed by atoms with van der Waals surface area (Å²) in [5.74, 6) is 1.91. The fourth-order valence-electron chi connectivity index (χ4n) is 10.2. The van der Waals surface area contributed by atoms with Crippen LogP contribution < -0.4 is 0 Å². The van der Waals surface area contributed by atoms with Gasteiger partial charge in [0, 0.05) is 36.9 Å². The SMILES string of the molecule is c1ccc(-c2ccccc2-c2nc(-c3ccc(-c4c5ccccc5c(-c5ccccc5-c5ccccc5)c5ccccc45)c4ccccc34)nc(-c3cccc4c3sc3ccccc34)n2)cc1. The first-order chi connectivity index (χ1) is 33.3. The number of fused-ring (bicyclic) bond motifs is 6. The van der Waals surface area contributed by atoms with Gasteiger partial charge in [-0.1, -0.05) is 218 Å². The van der Waals surface area contributed by atoms with Gasteiger partial charge in [0.25, 0.3) is 0 Å². The molecule has 0 aliphatic heterocycles. The molecule has 0 amide bonds. The number of rotatable bonds is 7. The second-order valence-corrected chi connectivity index (χ2v) is 18.0. The van der Waals surface area contributed by atoms with E-state index in [1.807, 2.05) is 0 Å². The van der Waals surface area contributed by atoms with Crippen molar-refractivity contribution < 1.29 is 0 Å². The zero-order valence-corrected chi connectivity index (χ0v) is 37.1. The van der Waals surface area contributed by atoms with Crippen LogP contribution in [0.15, 0.2) is 237 Å². The first-order valence-electron chi connectivity index (χ1n) is 22.7. The normalized spacial score (nSPS) is 11.6. The molecule has 0 spiro atoms. The highest BCUT2D eigenvalue weighted by molar-refractivity contribution is 7.26. The van der Waals surface area contributed by atoms with Gasteiger partial charge in [-0.15, -0.1) is 11.3 Å². The first-order valence-corrected chi connectivity index (χ1v) is 23.5. The highest BCUT2D eigenvalue weighted by Gasteiger charge is 2.23. The van der Waals surface area contributed by atoms with E-state index >= 15 is 0 Å². The molecule has 4 heteroatoms. The van der Waals surface area contributed by atoms with Crippen LogP contribution >= 0.6 is 11.3 Å². The molecule has 0 radical (unpaired) electrons. The summed E-state index contributed by atoms with van der Waals surface area (Å²) in [4.78, 5) is 16.2. The predicted molar refractivity (Wildman–Crippen MR) is 283 cm³/mol. The monoisotopic (exact) mass is 869 g/mol. The van der Waals surface area contributed by atoms with E-state index in [1.165, 1.54) is 64.8 Å². The van der Waals surface area contributed by atoms with Gasteiger partial charge in [-0.25, -0.2) is 15.0 Å². The van der Waals surface area contributed by atoms with Gasteiger partial charge in [0.2, 0.25) is 0 Å². The third-order valence-corrected chi connectivity index (χ3v) is 14.4. The molecule has 0 N–H and O–H groups in total. The maximum Gasteiger partial charge on any atom is 0.165 e. The van der Waals surface area contributed by atoms with Crippen LogP contribution in [0.25, 0.3) is 131 Å². The largest absolute Gasteiger partial charge is 0.208 e. The van der Waals surface area contributed by atoms with Crippen molar-refractivity contribution in [1.29, 1.82) is 0 Å². The second-order valence-electron chi connectivity index (χ2n) is 17.0. The number of benzene rings is 11. The van der Waals surface area contributed by atoms with Crippen LogP contribution in [0.2, 0.25) is 0 Å². The topological polar surface area (TPSA) is 38.7 Å². The Bertz CT molecular complexity index is 3990. The molecule has 67 heavy (non-hydrogen) atoms. The number of nitrogens with zero attached hydrogens (tertiary/aromatic N) is 3. The van der Waals surface area contributed by atoms with Crippen molar-refractivity contribution in [2.24, 2.45) is 0 Å². The summed E-state index contributed by atoms with van der Waals surface area (Å²) in [6.45, 7) is 0. The molecule has 0 aliphatic carbocycles. The molecule has 0 aliphatic rings. The Morgan fingerprint density at radius 1 is 0.224 bits per heavy atom. The Hall–Kier alpha value is -8.57. The van der Waals surface area contributed by atoms with Gasteiger partial charge >= 0.3 is 0 Å². The molecule has 3 nitrogen and oxygen atoms in total. The van der Waals surface area contributed by atoms with Gasteiger partial charge in [0.05, 0.1) is 0 Å². The van der Waals surface area contributed by atoms with E-state index < -0.39 is 0 Å². The van der Waals surface area contributed by atoms with Crippen molar-refractivity contribution >= 4 is 63.8 Å². The highest BCUT2D eigenvalue weighted by atomic mass is 32.1. The lowest BCUT2D eigenvalue weighted by molar-refractivity contribution is 1.08. The molecule has 0 atom stereocenters. The molecule has 11 aromatic carbocycles. The number of hydrogen-bond acceptors (Lipinski definition) is 4. The van der Waals surface area contributed by atoms with Crippen LogP contribution in [-0.4, -0.2) is 15.0 Å². The maximum absolute atomic E-state index is 5.44. The number of thiophene rings is 1. The molecule has 0 unspecified atom stereocenters. The minimum atomic E-state index is 0.631. The molecular formula is C63H39N3S. The van der Waals surface area contributed by atoms with E-state index in [9.17, 15) is 0 Å². The summed E-state index contributed by atoms with van der Waals surface area (Å²) in [5, 5.41) is 9.49. The van der Waals surface area contributed by atoms with Crippen LogP contribution in [0.1, 0.15) is 0 Å². The number of hydrogen-bond donors (Lipinski definition) is 0. The molecule has 0 bridgehead atoms. The molecule has 13 rings (SSSR count). The van der Waals surface area contributed by atoms with Gasteiger partial charge < -0.3 is 0 Å². The minimum absolute atomic E-state index is 0.631. The highest BCUT2D eigenvalue weighted by Crippen LogP contribution is 2.48. The summed E-state index contributed by atoms with van der Waals surface area (Å²) in [6, 6.07) is 84.7. The lowest BCUT2D eigenvalue weighted by Crippen LogP contribution is -2.02. The fourth-order valence-corrected chi connectivity index (χ4v) is 11.4. The lowest BCUT2D eigenvalue weighted by Gasteiger charge is -2.21. The molecule has 13 aromatic rings. The zero-order chi connectivity index (χ0) is 44.3. The van der Waals surface area contributed by atoms with Crippen LogP contribution in [0.5, 0.6) is 0 Å². The predicted octanol–water partition coefficient (Wildman–Crippen LogP) is 17.4. The van der Waals surface area contributed by atoms with Crippen molar-refractivity contribution in [2.45, 2.75) is 0 Å². The van der Waals surface area contributed by atoms with Crippen molar-refractivity contribution in [3.63, 3.8) is 0 Å². The minimum Gasteiger partial charge on any atom is -0.208 e. The third-order valence-electron chi connectivity index (χ3n) is 13.2. The van der Waals surface area contributed by atoms with Crippen LogP contribution in [0, 0.1) is 0 Å². The summed E-state index contributed by atoms with van der Waals surface area (Å²) in [5.41, 5.74) is 12.3. The van der Waals surface area contributed by atoms with E-state index in [2.05, 4.69) is 237 Å². The molecule has 2 heterocycles. The van der Waals surface area contributed by atoms with Crippen molar-refractivity contribution in [2.75, 3.05) is 0 Å². The third kappa shape index (κ3) is 6.53. The molecule has 2 aromatic heterocycles. The van der Waals surface area contributed by atoms with E-state index in [1.54, 1.807) is 11.3 Å². The first kappa shape index (κ1) is 38.9. The lowest BCUT2D eigenvalue weighted by atomic mass is 9.82. The average Bonchev–Trinajstić information content (AvgIpc) is 3.79.